The Morgan fingerprint density at radius 3 is 2.67 bits per heavy atom. The quantitative estimate of drug-likeness (QED) is 0.862. The number of aromatic nitrogens is 1. The van der Waals surface area contributed by atoms with Gasteiger partial charge in [-0.25, -0.2) is 0 Å². The van der Waals surface area contributed by atoms with Gasteiger partial charge in [0.1, 0.15) is 11.8 Å². The molecule has 0 unspecified atom stereocenters. The molecule has 0 saturated carbocycles. The average molecular weight is 292 g/mol. The number of hydrogen-bond donors (Lipinski definition) is 0. The molecule has 21 heavy (non-hydrogen) atoms. The summed E-state index contributed by atoms with van der Waals surface area (Å²) < 4.78 is 41.1. The maximum absolute atomic E-state index is 12.2. The molecular formula is C15H11F3N2O. The number of rotatable bonds is 3. The van der Waals surface area contributed by atoms with E-state index in [9.17, 15) is 13.2 Å². The minimum Gasteiger partial charge on any atom is -0.483 e. The topological polar surface area (TPSA) is 45.9 Å². The van der Waals surface area contributed by atoms with Gasteiger partial charge in [-0.2, -0.15) is 18.4 Å². The summed E-state index contributed by atoms with van der Waals surface area (Å²) in [4.78, 5) is 4.01. The van der Waals surface area contributed by atoms with Crippen LogP contribution in [0.25, 0.3) is 11.1 Å². The van der Waals surface area contributed by atoms with E-state index >= 15 is 0 Å². The minimum absolute atomic E-state index is 0.0556. The molecule has 1 heterocycles. The molecule has 0 radical (unpaired) electrons. The van der Waals surface area contributed by atoms with Gasteiger partial charge in [0.05, 0.1) is 5.56 Å². The molecule has 1 aromatic heterocycles. The van der Waals surface area contributed by atoms with Gasteiger partial charge < -0.3 is 4.74 Å². The van der Waals surface area contributed by atoms with Crippen molar-refractivity contribution in [1.29, 1.82) is 5.26 Å². The average Bonchev–Trinajstić information content (AvgIpc) is 2.44. The fourth-order valence-corrected chi connectivity index (χ4v) is 1.84. The Morgan fingerprint density at radius 2 is 2.05 bits per heavy atom. The molecule has 1 aromatic carbocycles. The summed E-state index contributed by atoms with van der Waals surface area (Å²) in [7, 11) is 0. The third-order valence-electron chi connectivity index (χ3n) is 2.84. The van der Waals surface area contributed by atoms with Crippen LogP contribution in [0.2, 0.25) is 0 Å². The van der Waals surface area contributed by atoms with E-state index in [1.165, 1.54) is 12.1 Å². The number of nitriles is 1. The van der Waals surface area contributed by atoms with Gasteiger partial charge >= 0.3 is 6.18 Å². The van der Waals surface area contributed by atoms with Crippen LogP contribution in [0, 0.1) is 18.3 Å². The summed E-state index contributed by atoms with van der Waals surface area (Å²) in [6.45, 7) is 0.462. The van der Waals surface area contributed by atoms with Crippen molar-refractivity contribution in [3.05, 3.63) is 47.8 Å². The van der Waals surface area contributed by atoms with Crippen LogP contribution in [0.1, 0.15) is 11.1 Å². The van der Waals surface area contributed by atoms with Gasteiger partial charge in [-0.3, -0.25) is 4.98 Å². The van der Waals surface area contributed by atoms with E-state index in [2.05, 4.69) is 9.72 Å². The van der Waals surface area contributed by atoms with Crippen molar-refractivity contribution in [3.63, 3.8) is 0 Å². The largest absolute Gasteiger partial charge is 0.483 e. The van der Waals surface area contributed by atoms with Crippen LogP contribution in [-0.4, -0.2) is 17.8 Å². The summed E-state index contributed by atoms with van der Waals surface area (Å²) in [5.74, 6) is -0.0832. The Morgan fingerprint density at radius 1 is 1.29 bits per heavy atom. The Balaban J connectivity index is 2.33. The van der Waals surface area contributed by atoms with Crippen molar-refractivity contribution >= 4 is 0 Å². The van der Waals surface area contributed by atoms with Gasteiger partial charge in [0, 0.05) is 18.0 Å². The highest BCUT2D eigenvalue weighted by Gasteiger charge is 2.28. The van der Waals surface area contributed by atoms with Gasteiger partial charge in [0.15, 0.2) is 6.61 Å². The summed E-state index contributed by atoms with van der Waals surface area (Å²) in [5, 5.41) is 9.06. The van der Waals surface area contributed by atoms with Crippen molar-refractivity contribution in [1.82, 2.24) is 4.98 Å². The lowest BCUT2D eigenvalue weighted by atomic mass is 10.0. The summed E-state index contributed by atoms with van der Waals surface area (Å²) in [6, 6.07) is 8.13. The van der Waals surface area contributed by atoms with Crippen LogP contribution in [0.3, 0.4) is 0 Å². The molecule has 0 saturated heterocycles. The number of halogens is 3. The maximum Gasteiger partial charge on any atom is 0.422 e. The van der Waals surface area contributed by atoms with Crippen molar-refractivity contribution in [3.8, 4) is 22.9 Å². The molecular weight excluding hydrogens is 281 g/mol. The highest BCUT2D eigenvalue weighted by atomic mass is 19.4. The zero-order chi connectivity index (χ0) is 15.5. The number of alkyl halides is 3. The van der Waals surface area contributed by atoms with Crippen molar-refractivity contribution < 1.29 is 17.9 Å². The Hall–Kier alpha value is -2.55. The molecule has 0 amide bonds. The lowest BCUT2D eigenvalue weighted by molar-refractivity contribution is -0.153. The van der Waals surface area contributed by atoms with Crippen molar-refractivity contribution in [2.45, 2.75) is 13.1 Å². The van der Waals surface area contributed by atoms with Gasteiger partial charge in [-0.05, 0) is 36.2 Å². The monoisotopic (exact) mass is 292 g/mol. The molecule has 0 bridgehead atoms. The number of ether oxygens (including phenoxy) is 1. The normalized spacial score (nSPS) is 11.0. The fraction of sp³-hybridized carbons (Fsp3) is 0.200. The van der Waals surface area contributed by atoms with Gasteiger partial charge in [-0.15, -0.1) is 0 Å². The van der Waals surface area contributed by atoms with E-state index in [1.54, 1.807) is 18.5 Å². The third kappa shape index (κ3) is 3.72. The summed E-state index contributed by atoms with van der Waals surface area (Å²) in [6.07, 6.45) is -1.15. The molecule has 0 spiro atoms. The van der Waals surface area contributed by atoms with Crippen LogP contribution < -0.4 is 4.74 Å². The highest BCUT2D eigenvalue weighted by Crippen LogP contribution is 2.29. The van der Waals surface area contributed by atoms with Crippen LogP contribution in [0.15, 0.2) is 36.7 Å². The molecule has 0 atom stereocenters. The molecule has 0 aliphatic heterocycles. The minimum atomic E-state index is -4.44. The van der Waals surface area contributed by atoms with E-state index in [4.69, 9.17) is 5.26 Å². The Kier molecular flexibility index (Phi) is 4.13. The summed E-state index contributed by atoms with van der Waals surface area (Å²) in [5.41, 5.74) is 2.53. The zero-order valence-corrected chi connectivity index (χ0v) is 11.1. The van der Waals surface area contributed by atoms with E-state index in [-0.39, 0.29) is 11.3 Å². The predicted molar refractivity (Wildman–Crippen MR) is 70.7 cm³/mol. The number of hydrogen-bond acceptors (Lipinski definition) is 3. The molecule has 6 heteroatoms. The zero-order valence-electron chi connectivity index (χ0n) is 11.1. The Labute approximate surface area is 119 Å². The van der Waals surface area contributed by atoms with Crippen LogP contribution >= 0.6 is 0 Å². The second kappa shape index (κ2) is 5.83. The maximum atomic E-state index is 12.2. The number of nitrogens with zero attached hydrogens (tertiary/aromatic N) is 2. The molecule has 2 aromatic rings. The van der Waals surface area contributed by atoms with Crippen molar-refractivity contribution in [2.75, 3.05) is 6.61 Å². The van der Waals surface area contributed by atoms with Crippen LogP contribution in [-0.2, 0) is 0 Å². The number of pyridine rings is 1. The predicted octanol–water partition coefficient (Wildman–Crippen LogP) is 3.87. The highest BCUT2D eigenvalue weighted by molar-refractivity contribution is 5.69. The van der Waals surface area contributed by atoms with E-state index in [0.29, 0.717) is 5.56 Å². The standard InChI is InChI=1S/C15H11F3N2O/c1-10-4-5-20-8-13(10)11-2-3-14(12(6-11)7-19)21-9-15(16,17)18/h2-6,8H,9H2,1H3. The Bertz CT molecular complexity index is 690. The molecule has 0 N–H and O–H groups in total. The second-order valence-electron chi connectivity index (χ2n) is 4.42. The molecule has 3 nitrogen and oxygen atoms in total. The third-order valence-corrected chi connectivity index (χ3v) is 2.84. The first-order valence-electron chi connectivity index (χ1n) is 6.05. The van der Waals surface area contributed by atoms with Gasteiger partial charge in [-0.1, -0.05) is 6.07 Å². The first kappa shape index (κ1) is 14.9. The first-order valence-corrected chi connectivity index (χ1v) is 6.05. The molecule has 2 rings (SSSR count). The molecule has 108 valence electrons. The second-order valence-corrected chi connectivity index (χ2v) is 4.42. The SMILES string of the molecule is Cc1ccncc1-c1ccc(OCC(F)(F)F)c(C#N)c1. The first-order chi connectivity index (χ1) is 9.90. The number of benzene rings is 1. The van der Waals surface area contributed by atoms with Crippen LogP contribution in [0.5, 0.6) is 5.75 Å². The van der Waals surface area contributed by atoms with Gasteiger partial charge in [0.25, 0.3) is 0 Å². The molecule has 0 aliphatic rings. The van der Waals surface area contributed by atoms with E-state index in [1.807, 2.05) is 19.1 Å². The lowest BCUT2D eigenvalue weighted by Crippen LogP contribution is -2.19. The molecule has 0 fully saturated rings. The lowest BCUT2D eigenvalue weighted by Gasteiger charge is -2.12. The smallest absolute Gasteiger partial charge is 0.422 e. The fourth-order valence-electron chi connectivity index (χ4n) is 1.84. The van der Waals surface area contributed by atoms with E-state index in [0.717, 1.165) is 11.1 Å². The van der Waals surface area contributed by atoms with Gasteiger partial charge in [0.2, 0.25) is 0 Å². The van der Waals surface area contributed by atoms with E-state index < -0.39 is 12.8 Å². The molecule has 0 aliphatic carbocycles. The summed E-state index contributed by atoms with van der Waals surface area (Å²) >= 11 is 0. The van der Waals surface area contributed by atoms with Crippen molar-refractivity contribution in [2.24, 2.45) is 0 Å². The van der Waals surface area contributed by atoms with Crippen LogP contribution in [0.4, 0.5) is 13.2 Å². The number of aryl methyl sites for hydroxylation is 1.